The van der Waals surface area contributed by atoms with Crippen LogP contribution in [0.5, 0.6) is 0 Å². The molecule has 0 unspecified atom stereocenters. The Labute approximate surface area is 75.8 Å². The molecule has 0 amide bonds. The molecule has 2 rings (SSSR count). The SMILES string of the molecule is CC(=O)Cc1ccc2cn[nH]c2c1. The molecule has 3 nitrogen and oxygen atoms in total. The molecule has 0 aliphatic carbocycles. The quantitative estimate of drug-likeness (QED) is 0.753. The number of fused-ring (bicyclic) bond motifs is 1. The van der Waals surface area contributed by atoms with Crippen LogP contribution in [0.25, 0.3) is 10.9 Å². The van der Waals surface area contributed by atoms with Crippen molar-refractivity contribution in [3.63, 3.8) is 0 Å². The van der Waals surface area contributed by atoms with E-state index in [2.05, 4.69) is 10.2 Å². The van der Waals surface area contributed by atoms with E-state index in [0.717, 1.165) is 16.5 Å². The Morgan fingerprint density at radius 2 is 2.38 bits per heavy atom. The van der Waals surface area contributed by atoms with Gasteiger partial charge in [-0.3, -0.25) is 9.89 Å². The van der Waals surface area contributed by atoms with Crippen LogP contribution in [-0.2, 0) is 11.2 Å². The average Bonchev–Trinajstić information content (AvgIpc) is 2.49. The Balaban J connectivity index is 2.42. The van der Waals surface area contributed by atoms with Gasteiger partial charge in [0.05, 0.1) is 11.7 Å². The van der Waals surface area contributed by atoms with Gasteiger partial charge in [-0.05, 0) is 18.6 Å². The Morgan fingerprint density at radius 1 is 1.54 bits per heavy atom. The Bertz CT molecular complexity index is 445. The van der Waals surface area contributed by atoms with Crippen molar-refractivity contribution < 1.29 is 4.79 Å². The number of hydrogen-bond donors (Lipinski definition) is 1. The van der Waals surface area contributed by atoms with Gasteiger partial charge in [-0.2, -0.15) is 5.10 Å². The molecule has 0 radical (unpaired) electrons. The molecular formula is C10H10N2O. The number of aromatic nitrogens is 2. The smallest absolute Gasteiger partial charge is 0.134 e. The van der Waals surface area contributed by atoms with Crippen molar-refractivity contribution in [3.05, 3.63) is 30.0 Å². The average molecular weight is 174 g/mol. The fourth-order valence-electron chi connectivity index (χ4n) is 1.38. The number of aromatic amines is 1. The number of H-pyrrole nitrogens is 1. The fraction of sp³-hybridized carbons (Fsp3) is 0.200. The van der Waals surface area contributed by atoms with Crippen molar-refractivity contribution in [3.8, 4) is 0 Å². The second-order valence-corrected chi connectivity index (χ2v) is 3.17. The summed E-state index contributed by atoms with van der Waals surface area (Å²) in [5.74, 6) is 0.180. The highest BCUT2D eigenvalue weighted by Gasteiger charge is 2.00. The lowest BCUT2D eigenvalue weighted by molar-refractivity contribution is -0.116. The van der Waals surface area contributed by atoms with Gasteiger partial charge in [0.2, 0.25) is 0 Å². The molecule has 1 aromatic heterocycles. The van der Waals surface area contributed by atoms with E-state index in [0.29, 0.717) is 6.42 Å². The van der Waals surface area contributed by atoms with Crippen molar-refractivity contribution in [2.24, 2.45) is 0 Å². The van der Waals surface area contributed by atoms with Crippen LogP contribution in [0.4, 0.5) is 0 Å². The third-order valence-corrected chi connectivity index (χ3v) is 1.96. The third kappa shape index (κ3) is 1.59. The molecule has 1 N–H and O–H groups in total. The summed E-state index contributed by atoms with van der Waals surface area (Å²) in [7, 11) is 0. The summed E-state index contributed by atoms with van der Waals surface area (Å²) >= 11 is 0. The fourth-order valence-corrected chi connectivity index (χ4v) is 1.38. The zero-order valence-corrected chi connectivity index (χ0v) is 7.37. The van der Waals surface area contributed by atoms with E-state index in [1.807, 2.05) is 18.2 Å². The molecule has 0 saturated carbocycles. The maximum Gasteiger partial charge on any atom is 0.134 e. The molecule has 1 heterocycles. The topological polar surface area (TPSA) is 45.8 Å². The summed E-state index contributed by atoms with van der Waals surface area (Å²) < 4.78 is 0. The van der Waals surface area contributed by atoms with Crippen LogP contribution >= 0.6 is 0 Å². The molecule has 0 fully saturated rings. The lowest BCUT2D eigenvalue weighted by atomic mass is 10.1. The van der Waals surface area contributed by atoms with Crippen molar-refractivity contribution in [2.45, 2.75) is 13.3 Å². The number of Topliss-reactive ketones (excluding diaryl/α,β-unsaturated/α-hetero) is 1. The highest BCUT2D eigenvalue weighted by molar-refractivity contribution is 5.82. The molecular weight excluding hydrogens is 164 g/mol. The number of carbonyl (C=O) groups is 1. The first-order chi connectivity index (χ1) is 6.25. The highest BCUT2D eigenvalue weighted by Crippen LogP contribution is 2.13. The largest absolute Gasteiger partial charge is 0.300 e. The van der Waals surface area contributed by atoms with Crippen LogP contribution in [0, 0.1) is 0 Å². The second kappa shape index (κ2) is 3.01. The first kappa shape index (κ1) is 7.98. The maximum absolute atomic E-state index is 10.9. The Morgan fingerprint density at radius 3 is 3.15 bits per heavy atom. The van der Waals surface area contributed by atoms with Gasteiger partial charge < -0.3 is 0 Å². The summed E-state index contributed by atoms with van der Waals surface area (Å²) in [5, 5.41) is 7.86. The lowest BCUT2D eigenvalue weighted by Crippen LogP contribution is -1.95. The van der Waals surface area contributed by atoms with Crippen LogP contribution in [0.15, 0.2) is 24.4 Å². The maximum atomic E-state index is 10.9. The molecule has 0 saturated heterocycles. The first-order valence-electron chi connectivity index (χ1n) is 4.17. The van der Waals surface area contributed by atoms with Crippen molar-refractivity contribution in [1.29, 1.82) is 0 Å². The number of rotatable bonds is 2. The molecule has 1 aromatic carbocycles. The van der Waals surface area contributed by atoms with Gasteiger partial charge in [0.1, 0.15) is 5.78 Å². The van der Waals surface area contributed by atoms with Gasteiger partial charge in [0.15, 0.2) is 0 Å². The van der Waals surface area contributed by atoms with E-state index < -0.39 is 0 Å². The van der Waals surface area contributed by atoms with Crippen LogP contribution in [-0.4, -0.2) is 16.0 Å². The second-order valence-electron chi connectivity index (χ2n) is 3.17. The number of nitrogens with one attached hydrogen (secondary N) is 1. The van der Waals surface area contributed by atoms with E-state index in [9.17, 15) is 4.79 Å². The predicted octanol–water partition coefficient (Wildman–Crippen LogP) is 1.69. The lowest BCUT2D eigenvalue weighted by Gasteiger charge is -1.96. The minimum absolute atomic E-state index is 0.180. The van der Waals surface area contributed by atoms with Crippen LogP contribution in [0.3, 0.4) is 0 Å². The van der Waals surface area contributed by atoms with Crippen molar-refractivity contribution in [2.75, 3.05) is 0 Å². The summed E-state index contributed by atoms with van der Waals surface area (Å²) in [6, 6.07) is 5.89. The molecule has 0 spiro atoms. The van der Waals surface area contributed by atoms with E-state index in [1.54, 1.807) is 13.1 Å². The number of ketones is 1. The Hall–Kier alpha value is -1.64. The van der Waals surface area contributed by atoms with Gasteiger partial charge in [0, 0.05) is 11.8 Å². The molecule has 0 aliphatic heterocycles. The minimum atomic E-state index is 0.180. The van der Waals surface area contributed by atoms with Gasteiger partial charge in [-0.1, -0.05) is 12.1 Å². The Kier molecular flexibility index (Phi) is 1.85. The zero-order chi connectivity index (χ0) is 9.26. The van der Waals surface area contributed by atoms with E-state index in [1.165, 1.54) is 0 Å². The number of carbonyl (C=O) groups excluding carboxylic acids is 1. The van der Waals surface area contributed by atoms with Crippen LogP contribution < -0.4 is 0 Å². The summed E-state index contributed by atoms with van der Waals surface area (Å²) in [6.07, 6.45) is 2.27. The molecule has 2 aromatic rings. The standard InChI is InChI=1S/C10H10N2O/c1-7(13)4-8-2-3-9-6-11-12-10(9)5-8/h2-3,5-6H,4H2,1H3,(H,11,12). The van der Waals surface area contributed by atoms with Crippen molar-refractivity contribution in [1.82, 2.24) is 10.2 Å². The number of benzene rings is 1. The van der Waals surface area contributed by atoms with E-state index >= 15 is 0 Å². The van der Waals surface area contributed by atoms with E-state index in [-0.39, 0.29) is 5.78 Å². The third-order valence-electron chi connectivity index (χ3n) is 1.96. The van der Waals surface area contributed by atoms with E-state index in [4.69, 9.17) is 0 Å². The monoisotopic (exact) mass is 174 g/mol. The van der Waals surface area contributed by atoms with Crippen LogP contribution in [0.1, 0.15) is 12.5 Å². The summed E-state index contributed by atoms with van der Waals surface area (Å²) in [5.41, 5.74) is 2.02. The van der Waals surface area contributed by atoms with Gasteiger partial charge in [-0.25, -0.2) is 0 Å². The molecule has 3 heteroatoms. The van der Waals surface area contributed by atoms with Gasteiger partial charge in [0.25, 0.3) is 0 Å². The number of hydrogen-bond acceptors (Lipinski definition) is 2. The zero-order valence-electron chi connectivity index (χ0n) is 7.37. The summed E-state index contributed by atoms with van der Waals surface area (Å²) in [6.45, 7) is 1.59. The molecule has 0 bridgehead atoms. The molecule has 13 heavy (non-hydrogen) atoms. The molecule has 0 aliphatic rings. The predicted molar refractivity (Wildman–Crippen MR) is 50.5 cm³/mol. The van der Waals surface area contributed by atoms with Gasteiger partial charge in [-0.15, -0.1) is 0 Å². The summed E-state index contributed by atoms with van der Waals surface area (Å²) in [4.78, 5) is 10.9. The first-order valence-corrected chi connectivity index (χ1v) is 4.17. The normalized spacial score (nSPS) is 10.5. The van der Waals surface area contributed by atoms with Gasteiger partial charge >= 0.3 is 0 Å². The highest BCUT2D eigenvalue weighted by atomic mass is 16.1. The van der Waals surface area contributed by atoms with Crippen molar-refractivity contribution >= 4 is 16.7 Å². The number of nitrogens with zero attached hydrogens (tertiary/aromatic N) is 1. The molecule has 0 atom stereocenters. The van der Waals surface area contributed by atoms with Crippen LogP contribution in [0.2, 0.25) is 0 Å². The minimum Gasteiger partial charge on any atom is -0.300 e. The molecule has 66 valence electrons.